The zero-order valence-corrected chi connectivity index (χ0v) is 17.3. The molecule has 1 aromatic rings. The van der Waals surface area contributed by atoms with Crippen LogP contribution in [-0.2, 0) is 4.79 Å². The molecule has 6 nitrogen and oxygen atoms in total. The third-order valence-corrected chi connectivity index (χ3v) is 6.23. The topological polar surface area (TPSA) is 56.2 Å². The molecule has 2 atom stereocenters. The second kappa shape index (κ2) is 10.2. The number of piperazine rings is 1. The molecule has 1 N–H and O–H groups in total. The number of ether oxygens (including phenoxy) is 1. The van der Waals surface area contributed by atoms with Gasteiger partial charge in [-0.25, -0.2) is 0 Å². The molecule has 0 saturated carbocycles. The molecule has 2 fully saturated rings. The largest absolute Gasteiger partial charge is 0.484 e. The van der Waals surface area contributed by atoms with Gasteiger partial charge in [0.25, 0.3) is 5.91 Å². The Morgan fingerprint density at radius 3 is 2.64 bits per heavy atom. The van der Waals surface area contributed by atoms with E-state index in [4.69, 9.17) is 4.74 Å². The minimum Gasteiger partial charge on any atom is -0.484 e. The van der Waals surface area contributed by atoms with Gasteiger partial charge in [-0.1, -0.05) is 18.2 Å². The lowest BCUT2D eigenvalue weighted by Crippen LogP contribution is -2.57. The lowest BCUT2D eigenvalue weighted by molar-refractivity contribution is -0.136. The van der Waals surface area contributed by atoms with E-state index >= 15 is 0 Å². The van der Waals surface area contributed by atoms with E-state index in [9.17, 15) is 9.90 Å². The minimum absolute atomic E-state index is 0.0640. The van der Waals surface area contributed by atoms with Gasteiger partial charge >= 0.3 is 0 Å². The quantitative estimate of drug-likeness (QED) is 0.768. The number of hydrogen-bond donors (Lipinski definition) is 1. The molecule has 0 bridgehead atoms. The highest BCUT2D eigenvalue weighted by atomic mass is 16.5. The minimum atomic E-state index is 0.0640. The summed E-state index contributed by atoms with van der Waals surface area (Å²) >= 11 is 0. The van der Waals surface area contributed by atoms with E-state index in [-0.39, 0.29) is 19.1 Å². The third kappa shape index (κ3) is 5.46. The monoisotopic (exact) mass is 389 g/mol. The van der Waals surface area contributed by atoms with Gasteiger partial charge in [-0.2, -0.15) is 0 Å². The van der Waals surface area contributed by atoms with Gasteiger partial charge in [0.05, 0.1) is 0 Å². The van der Waals surface area contributed by atoms with E-state index in [0.29, 0.717) is 12.0 Å². The number of benzene rings is 1. The SMILES string of the molecule is Cc1ccccc1OCC(=O)N1CC[C@@H](N2CCN(C)CC2)[C@@H](CCCO)C1. The molecule has 1 amide bonds. The van der Waals surface area contributed by atoms with Crippen molar-refractivity contribution in [1.29, 1.82) is 0 Å². The number of aliphatic hydroxyl groups is 1. The highest BCUT2D eigenvalue weighted by Gasteiger charge is 2.35. The maximum Gasteiger partial charge on any atom is 0.260 e. The fourth-order valence-electron chi connectivity index (χ4n) is 4.47. The van der Waals surface area contributed by atoms with E-state index in [1.807, 2.05) is 36.1 Å². The molecule has 2 saturated heterocycles. The summed E-state index contributed by atoms with van der Waals surface area (Å²) in [6.07, 6.45) is 2.78. The highest BCUT2D eigenvalue weighted by Crippen LogP contribution is 2.27. The van der Waals surface area contributed by atoms with Gasteiger partial charge in [-0.3, -0.25) is 9.69 Å². The summed E-state index contributed by atoms with van der Waals surface area (Å²) in [5.74, 6) is 1.26. The van der Waals surface area contributed by atoms with Crippen LogP contribution in [0, 0.1) is 12.8 Å². The fraction of sp³-hybridized carbons (Fsp3) is 0.682. The second-order valence-corrected chi connectivity index (χ2v) is 8.22. The number of piperidine rings is 1. The first-order valence-corrected chi connectivity index (χ1v) is 10.6. The summed E-state index contributed by atoms with van der Waals surface area (Å²) in [5.41, 5.74) is 1.05. The number of aliphatic hydroxyl groups excluding tert-OH is 1. The molecule has 0 aromatic heterocycles. The Balaban J connectivity index is 1.56. The van der Waals surface area contributed by atoms with Crippen molar-refractivity contribution < 1.29 is 14.6 Å². The number of nitrogens with zero attached hydrogens (tertiary/aromatic N) is 3. The van der Waals surface area contributed by atoms with E-state index < -0.39 is 0 Å². The maximum absolute atomic E-state index is 12.8. The van der Waals surface area contributed by atoms with E-state index in [2.05, 4.69) is 16.8 Å². The summed E-state index contributed by atoms with van der Waals surface area (Å²) in [7, 11) is 2.18. The van der Waals surface area contributed by atoms with Crippen LogP contribution in [0.15, 0.2) is 24.3 Å². The lowest BCUT2D eigenvalue weighted by Gasteiger charge is -2.46. The molecular formula is C22H35N3O3. The predicted octanol–water partition coefficient (Wildman–Crippen LogP) is 1.61. The molecule has 0 radical (unpaired) electrons. The number of likely N-dealkylation sites (N-methyl/N-ethyl adjacent to an activating group) is 1. The lowest BCUT2D eigenvalue weighted by atomic mass is 9.86. The van der Waals surface area contributed by atoms with E-state index in [1.54, 1.807) is 0 Å². The number of rotatable bonds is 7. The first-order chi connectivity index (χ1) is 13.6. The maximum atomic E-state index is 12.8. The average Bonchev–Trinajstić information content (AvgIpc) is 2.72. The smallest absolute Gasteiger partial charge is 0.260 e. The second-order valence-electron chi connectivity index (χ2n) is 8.22. The van der Waals surface area contributed by atoms with Crippen LogP contribution < -0.4 is 4.74 Å². The van der Waals surface area contributed by atoms with Crippen LogP contribution >= 0.6 is 0 Å². The molecule has 0 unspecified atom stereocenters. The van der Waals surface area contributed by atoms with Gasteiger partial charge in [-0.05, 0) is 50.8 Å². The van der Waals surface area contributed by atoms with Crippen molar-refractivity contribution in [2.24, 2.45) is 5.92 Å². The number of amides is 1. The Morgan fingerprint density at radius 2 is 1.93 bits per heavy atom. The summed E-state index contributed by atoms with van der Waals surface area (Å²) in [6, 6.07) is 8.32. The zero-order valence-electron chi connectivity index (χ0n) is 17.3. The van der Waals surface area contributed by atoms with E-state index in [1.165, 1.54) is 0 Å². The van der Waals surface area contributed by atoms with Gasteiger partial charge in [-0.15, -0.1) is 0 Å². The number of carbonyl (C=O) groups is 1. The Labute approximate surface area is 169 Å². The normalized spacial score (nSPS) is 24.3. The number of likely N-dealkylation sites (tertiary alicyclic amines) is 1. The molecule has 28 heavy (non-hydrogen) atoms. The van der Waals surface area contributed by atoms with Gasteiger partial charge in [0.15, 0.2) is 6.61 Å². The van der Waals surface area contributed by atoms with Crippen molar-refractivity contribution >= 4 is 5.91 Å². The van der Waals surface area contributed by atoms with Crippen molar-refractivity contribution in [2.45, 2.75) is 32.2 Å². The third-order valence-electron chi connectivity index (χ3n) is 6.23. The van der Waals surface area contributed by atoms with Crippen LogP contribution in [0.5, 0.6) is 5.75 Å². The van der Waals surface area contributed by atoms with Crippen LogP contribution in [0.25, 0.3) is 0 Å². The van der Waals surface area contributed by atoms with Crippen molar-refractivity contribution in [3.63, 3.8) is 0 Å². The Morgan fingerprint density at radius 1 is 1.18 bits per heavy atom. The van der Waals surface area contributed by atoms with Crippen LogP contribution in [0.2, 0.25) is 0 Å². The first kappa shape index (κ1) is 21.1. The van der Waals surface area contributed by atoms with Gasteiger partial charge in [0.2, 0.25) is 0 Å². The molecule has 2 aliphatic heterocycles. The van der Waals surface area contributed by atoms with Gasteiger partial charge in [0.1, 0.15) is 5.75 Å². The van der Waals surface area contributed by atoms with Crippen LogP contribution in [-0.4, -0.2) is 91.3 Å². The Hall–Kier alpha value is -1.63. The fourth-order valence-corrected chi connectivity index (χ4v) is 4.47. The molecule has 0 aliphatic carbocycles. The van der Waals surface area contributed by atoms with Gasteiger partial charge in [0, 0.05) is 51.9 Å². The molecule has 3 rings (SSSR count). The summed E-state index contributed by atoms with van der Waals surface area (Å²) in [6.45, 7) is 8.28. The first-order valence-electron chi connectivity index (χ1n) is 10.6. The standard InChI is InChI=1S/C22H35N3O3/c1-18-6-3-4-8-21(18)28-17-22(27)25-10-9-20(19(16-25)7-5-15-26)24-13-11-23(2)12-14-24/h3-4,6,8,19-20,26H,5,7,9-17H2,1-2H3/t19-,20+/m0/s1. The molecule has 0 spiro atoms. The molecule has 2 aliphatic rings. The van der Waals surface area contributed by atoms with Crippen LogP contribution in [0.4, 0.5) is 0 Å². The molecule has 2 heterocycles. The molecule has 6 heteroatoms. The summed E-state index contributed by atoms with van der Waals surface area (Å²) in [5, 5.41) is 9.32. The van der Waals surface area contributed by atoms with Crippen molar-refractivity contribution in [3.8, 4) is 5.75 Å². The average molecular weight is 390 g/mol. The molecule has 156 valence electrons. The summed E-state index contributed by atoms with van der Waals surface area (Å²) < 4.78 is 5.78. The predicted molar refractivity (Wildman–Crippen MR) is 111 cm³/mol. The van der Waals surface area contributed by atoms with Crippen molar-refractivity contribution in [2.75, 3.05) is 59.5 Å². The number of para-hydroxylation sites is 1. The molecule has 1 aromatic carbocycles. The summed E-state index contributed by atoms with van der Waals surface area (Å²) in [4.78, 5) is 19.7. The van der Waals surface area contributed by atoms with Crippen molar-refractivity contribution in [3.05, 3.63) is 29.8 Å². The zero-order chi connectivity index (χ0) is 19.9. The number of aryl methyl sites for hydroxylation is 1. The highest BCUT2D eigenvalue weighted by molar-refractivity contribution is 5.78. The van der Waals surface area contributed by atoms with Crippen molar-refractivity contribution in [1.82, 2.24) is 14.7 Å². The molecular weight excluding hydrogens is 354 g/mol. The Bertz CT molecular complexity index is 631. The van der Waals surface area contributed by atoms with Crippen LogP contribution in [0.3, 0.4) is 0 Å². The Kier molecular flexibility index (Phi) is 7.71. The number of hydrogen-bond acceptors (Lipinski definition) is 5. The van der Waals surface area contributed by atoms with E-state index in [0.717, 1.165) is 69.8 Å². The number of carbonyl (C=O) groups excluding carboxylic acids is 1. The van der Waals surface area contributed by atoms with Crippen LogP contribution in [0.1, 0.15) is 24.8 Å². The van der Waals surface area contributed by atoms with Gasteiger partial charge < -0.3 is 19.6 Å².